The molecule has 0 spiro atoms. The van der Waals surface area contributed by atoms with Gasteiger partial charge in [-0.1, -0.05) is 17.7 Å². The van der Waals surface area contributed by atoms with Crippen LogP contribution in [0.15, 0.2) is 50.1 Å². The lowest BCUT2D eigenvalue weighted by Gasteiger charge is -2.08. The highest BCUT2D eigenvalue weighted by molar-refractivity contribution is 6.29. The summed E-state index contributed by atoms with van der Waals surface area (Å²) < 4.78 is 9.20. The van der Waals surface area contributed by atoms with Gasteiger partial charge >= 0.3 is 5.69 Å². The maximum absolute atomic E-state index is 12.8. The minimum atomic E-state index is -0.453. The zero-order chi connectivity index (χ0) is 22.0. The molecule has 10 heteroatoms. The number of hydrogen-bond acceptors (Lipinski definition) is 6. The molecule has 0 aliphatic rings. The predicted octanol–water partition coefficient (Wildman–Crippen LogP) is 2.42. The first-order valence-corrected chi connectivity index (χ1v) is 9.55. The molecular weight excluding hydrogens is 408 g/mol. The third-order valence-corrected chi connectivity index (χ3v) is 4.89. The third-order valence-electron chi connectivity index (χ3n) is 4.73. The highest BCUT2D eigenvalue weighted by atomic mass is 35.5. The summed E-state index contributed by atoms with van der Waals surface area (Å²) in [5, 5.41) is 4.97. The van der Waals surface area contributed by atoms with Gasteiger partial charge in [0.25, 0.3) is 5.56 Å². The molecule has 0 amide bonds. The number of ether oxygens (including phenoxy) is 1. The number of aromatic nitrogens is 4. The fraction of sp³-hybridized carbons (Fsp3) is 0.300. The van der Waals surface area contributed by atoms with Crippen LogP contribution in [0.25, 0.3) is 11.2 Å². The molecule has 0 atom stereocenters. The Kier molecular flexibility index (Phi) is 6.12. The van der Waals surface area contributed by atoms with Gasteiger partial charge in [0.05, 0.1) is 12.8 Å². The van der Waals surface area contributed by atoms with Crippen molar-refractivity contribution in [2.24, 2.45) is 19.2 Å². The fourth-order valence-corrected chi connectivity index (χ4v) is 3.03. The van der Waals surface area contributed by atoms with E-state index in [9.17, 15) is 9.59 Å². The van der Waals surface area contributed by atoms with E-state index < -0.39 is 11.2 Å². The van der Waals surface area contributed by atoms with Crippen molar-refractivity contribution >= 4 is 34.4 Å². The summed E-state index contributed by atoms with van der Waals surface area (Å²) in [6.07, 6.45) is 1.75. The monoisotopic (exact) mass is 430 g/mol. The second kappa shape index (κ2) is 8.58. The minimum absolute atomic E-state index is 0.267. The number of fused-ring (bicyclic) bond motifs is 1. The lowest BCUT2D eigenvalue weighted by molar-refractivity contribution is 0.415. The SMILES string of the molecule is COc1ccc(/C(C)=N\Nc2nc3c(c(=O)n(C)c(=O)n3C)n2C/C=C(\C)Cl)cc1. The maximum atomic E-state index is 12.8. The van der Waals surface area contributed by atoms with Crippen molar-refractivity contribution in [3.05, 3.63) is 61.8 Å². The van der Waals surface area contributed by atoms with Crippen LogP contribution in [0.1, 0.15) is 19.4 Å². The summed E-state index contributed by atoms with van der Waals surface area (Å²) in [5.74, 6) is 1.08. The van der Waals surface area contributed by atoms with Crippen LogP contribution in [-0.4, -0.2) is 31.5 Å². The van der Waals surface area contributed by atoms with E-state index >= 15 is 0 Å². The quantitative estimate of drug-likeness (QED) is 0.478. The van der Waals surface area contributed by atoms with E-state index in [1.54, 1.807) is 31.7 Å². The second-order valence-corrected chi connectivity index (χ2v) is 7.35. The lowest BCUT2D eigenvalue weighted by Crippen LogP contribution is -2.37. The molecular formula is C20H23ClN6O3. The van der Waals surface area contributed by atoms with Crippen molar-refractivity contribution in [2.45, 2.75) is 20.4 Å². The molecule has 3 rings (SSSR count). The number of rotatable bonds is 6. The van der Waals surface area contributed by atoms with Crippen LogP contribution in [0.5, 0.6) is 5.75 Å². The molecule has 158 valence electrons. The van der Waals surface area contributed by atoms with E-state index in [2.05, 4.69) is 15.5 Å². The average molecular weight is 431 g/mol. The van der Waals surface area contributed by atoms with E-state index in [1.165, 1.54) is 11.6 Å². The molecule has 1 aromatic carbocycles. The van der Waals surface area contributed by atoms with E-state index in [0.717, 1.165) is 15.9 Å². The van der Waals surface area contributed by atoms with Gasteiger partial charge in [-0.25, -0.2) is 10.2 Å². The Hall–Kier alpha value is -3.33. The summed E-state index contributed by atoms with van der Waals surface area (Å²) in [7, 11) is 4.61. The highest BCUT2D eigenvalue weighted by Gasteiger charge is 2.18. The van der Waals surface area contributed by atoms with Gasteiger partial charge in [-0.15, -0.1) is 0 Å². The van der Waals surface area contributed by atoms with Gasteiger partial charge in [0.2, 0.25) is 5.95 Å². The molecule has 0 radical (unpaired) electrons. The van der Waals surface area contributed by atoms with Gasteiger partial charge in [-0.2, -0.15) is 10.1 Å². The molecule has 30 heavy (non-hydrogen) atoms. The second-order valence-electron chi connectivity index (χ2n) is 6.75. The molecule has 0 unspecified atom stereocenters. The van der Waals surface area contributed by atoms with E-state index in [0.29, 0.717) is 23.2 Å². The number of halogens is 1. The number of hydrogen-bond donors (Lipinski definition) is 1. The molecule has 0 fully saturated rings. The molecule has 2 aromatic heterocycles. The number of benzene rings is 1. The Morgan fingerprint density at radius 3 is 2.47 bits per heavy atom. The maximum Gasteiger partial charge on any atom is 0.332 e. The first-order valence-electron chi connectivity index (χ1n) is 9.17. The molecule has 0 bridgehead atoms. The minimum Gasteiger partial charge on any atom is -0.497 e. The van der Waals surface area contributed by atoms with Gasteiger partial charge in [0.15, 0.2) is 11.2 Å². The Bertz CT molecular complexity index is 1260. The highest BCUT2D eigenvalue weighted by Crippen LogP contribution is 2.17. The largest absolute Gasteiger partial charge is 0.497 e. The van der Waals surface area contributed by atoms with Gasteiger partial charge in [-0.3, -0.25) is 18.5 Å². The molecule has 2 heterocycles. The summed E-state index contributed by atoms with van der Waals surface area (Å²) in [5.41, 5.74) is 4.18. The van der Waals surface area contributed by atoms with E-state index in [-0.39, 0.29) is 11.2 Å². The Morgan fingerprint density at radius 2 is 1.87 bits per heavy atom. The normalized spacial score (nSPS) is 12.5. The Morgan fingerprint density at radius 1 is 1.20 bits per heavy atom. The number of allylic oxidation sites excluding steroid dienone is 2. The third kappa shape index (κ3) is 4.02. The Labute approximate surface area is 177 Å². The van der Waals surface area contributed by atoms with Gasteiger partial charge < -0.3 is 4.74 Å². The first kappa shape index (κ1) is 21.4. The standard InChI is InChI=1S/C20H23ClN6O3/c1-12(21)10-11-27-16-17(25(3)20(29)26(4)18(16)28)22-19(27)24-23-13(2)14-6-8-15(30-5)9-7-14/h6-10H,11H2,1-5H3,(H,22,24)/b12-10+,23-13-. The zero-order valence-corrected chi connectivity index (χ0v) is 18.2. The Balaban J connectivity index is 2.09. The topological polar surface area (TPSA) is 95.4 Å². The number of hydrazone groups is 1. The number of nitrogens with zero attached hydrogens (tertiary/aromatic N) is 5. The number of methoxy groups -OCH3 is 1. The molecule has 3 aromatic rings. The molecule has 0 saturated carbocycles. The number of imidazole rings is 1. The van der Waals surface area contributed by atoms with Crippen LogP contribution in [0.2, 0.25) is 0 Å². The number of anilines is 1. The van der Waals surface area contributed by atoms with Crippen molar-refractivity contribution in [3.8, 4) is 5.75 Å². The van der Waals surface area contributed by atoms with E-state index in [1.807, 2.05) is 31.2 Å². The summed E-state index contributed by atoms with van der Waals surface area (Å²) in [4.78, 5) is 29.5. The zero-order valence-electron chi connectivity index (χ0n) is 17.4. The van der Waals surface area contributed by atoms with Crippen molar-refractivity contribution in [2.75, 3.05) is 12.5 Å². The van der Waals surface area contributed by atoms with Crippen molar-refractivity contribution < 1.29 is 4.74 Å². The molecule has 9 nitrogen and oxygen atoms in total. The molecule has 0 aliphatic heterocycles. The summed E-state index contributed by atoms with van der Waals surface area (Å²) in [6.45, 7) is 3.88. The van der Waals surface area contributed by atoms with Crippen molar-refractivity contribution in [3.63, 3.8) is 0 Å². The number of aryl methyl sites for hydroxylation is 1. The summed E-state index contributed by atoms with van der Waals surface area (Å²) in [6, 6.07) is 7.47. The first-order chi connectivity index (χ1) is 14.2. The van der Waals surface area contributed by atoms with Gasteiger partial charge in [-0.05, 0) is 43.7 Å². The van der Waals surface area contributed by atoms with Crippen LogP contribution >= 0.6 is 11.6 Å². The van der Waals surface area contributed by atoms with Crippen molar-refractivity contribution in [1.29, 1.82) is 0 Å². The average Bonchev–Trinajstić information content (AvgIpc) is 3.11. The van der Waals surface area contributed by atoms with Gasteiger partial charge in [0, 0.05) is 25.7 Å². The van der Waals surface area contributed by atoms with Crippen LogP contribution in [-0.2, 0) is 20.6 Å². The smallest absolute Gasteiger partial charge is 0.332 e. The summed E-state index contributed by atoms with van der Waals surface area (Å²) >= 11 is 5.99. The van der Waals surface area contributed by atoms with Gasteiger partial charge in [0.1, 0.15) is 5.75 Å². The van der Waals surface area contributed by atoms with Crippen LogP contribution in [0.4, 0.5) is 5.95 Å². The fourth-order valence-electron chi connectivity index (χ4n) is 2.96. The molecule has 0 saturated heterocycles. The molecule has 0 aliphatic carbocycles. The van der Waals surface area contributed by atoms with Crippen molar-refractivity contribution in [1.82, 2.24) is 18.7 Å². The number of nitrogens with one attached hydrogen (secondary N) is 1. The van der Waals surface area contributed by atoms with E-state index in [4.69, 9.17) is 16.3 Å². The van der Waals surface area contributed by atoms with Crippen LogP contribution in [0, 0.1) is 0 Å². The van der Waals surface area contributed by atoms with Crippen LogP contribution in [0.3, 0.4) is 0 Å². The molecule has 1 N–H and O–H groups in total. The predicted molar refractivity (Wildman–Crippen MR) is 119 cm³/mol. The lowest BCUT2D eigenvalue weighted by atomic mass is 10.1. The van der Waals surface area contributed by atoms with Crippen LogP contribution < -0.4 is 21.4 Å².